The highest BCUT2D eigenvalue weighted by atomic mass is 16.7. The molecule has 3 heterocycles. The molecule has 1 aliphatic heterocycles. The van der Waals surface area contributed by atoms with E-state index in [1.165, 1.54) is 18.2 Å². The highest BCUT2D eigenvalue weighted by molar-refractivity contribution is 5.82. The van der Waals surface area contributed by atoms with Crippen molar-refractivity contribution in [3.8, 4) is 23.0 Å². The van der Waals surface area contributed by atoms with Crippen molar-refractivity contribution >= 4 is 33.9 Å². The van der Waals surface area contributed by atoms with Crippen LogP contribution in [-0.2, 0) is 19.1 Å². The Morgan fingerprint density at radius 3 is 2.33 bits per heavy atom. The van der Waals surface area contributed by atoms with Gasteiger partial charge >= 0.3 is 23.2 Å². The summed E-state index contributed by atoms with van der Waals surface area (Å²) in [6.07, 6.45) is -10.1. The van der Waals surface area contributed by atoms with Gasteiger partial charge in [0, 0.05) is 29.0 Å². The van der Waals surface area contributed by atoms with E-state index in [1.807, 2.05) is 0 Å². The van der Waals surface area contributed by atoms with Crippen LogP contribution in [0.2, 0.25) is 0 Å². The Kier molecular flexibility index (Phi) is 9.00. The first-order valence-corrected chi connectivity index (χ1v) is 13.7. The van der Waals surface area contributed by atoms with E-state index in [1.54, 1.807) is 18.2 Å². The number of aromatic hydroxyl groups is 1. The van der Waals surface area contributed by atoms with E-state index in [0.717, 1.165) is 19.1 Å². The molecule has 244 valence electrons. The maximum Gasteiger partial charge on any atom is 0.379 e. The monoisotopic (exact) mass is 644 g/mol. The van der Waals surface area contributed by atoms with Gasteiger partial charge in [-0.1, -0.05) is 0 Å². The lowest BCUT2D eigenvalue weighted by Crippen LogP contribution is -2.60. The molecular formula is C30H28O16. The van der Waals surface area contributed by atoms with Crippen LogP contribution in [0.1, 0.15) is 19.8 Å². The average Bonchev–Trinajstić information content (AvgIpc) is 2.96. The van der Waals surface area contributed by atoms with Crippen LogP contribution in [0.4, 0.5) is 0 Å². The summed E-state index contributed by atoms with van der Waals surface area (Å²) >= 11 is 0. The van der Waals surface area contributed by atoms with E-state index in [4.69, 9.17) is 32.9 Å². The quantitative estimate of drug-likeness (QED) is 0.103. The number of carbonyl (C=O) groups is 2. The Labute approximate surface area is 257 Å². The van der Waals surface area contributed by atoms with Gasteiger partial charge < -0.3 is 58.4 Å². The zero-order chi connectivity index (χ0) is 33.3. The van der Waals surface area contributed by atoms with E-state index in [-0.39, 0.29) is 33.8 Å². The summed E-state index contributed by atoms with van der Waals surface area (Å²) in [6.45, 7) is 0.439. The highest BCUT2D eigenvalue weighted by Gasteiger charge is 2.46. The number of hydrogen-bond donors (Lipinski definition) is 6. The van der Waals surface area contributed by atoms with Crippen molar-refractivity contribution in [2.45, 2.75) is 56.1 Å². The topological polar surface area (TPSA) is 253 Å². The molecule has 6 atom stereocenters. The van der Waals surface area contributed by atoms with Crippen molar-refractivity contribution in [2.24, 2.45) is 0 Å². The molecule has 0 aliphatic carbocycles. The molecule has 0 radical (unpaired) electrons. The summed E-state index contributed by atoms with van der Waals surface area (Å²) in [5, 5.41) is 61.5. The average molecular weight is 645 g/mol. The fourth-order valence-electron chi connectivity index (χ4n) is 4.72. The second-order valence-corrected chi connectivity index (χ2v) is 10.9. The largest absolute Gasteiger partial charge is 0.504 e. The first-order chi connectivity index (χ1) is 21.7. The van der Waals surface area contributed by atoms with Gasteiger partial charge in [0.15, 0.2) is 11.5 Å². The van der Waals surface area contributed by atoms with Gasteiger partial charge in [-0.2, -0.15) is 0 Å². The Morgan fingerprint density at radius 1 is 0.870 bits per heavy atom. The predicted molar refractivity (Wildman–Crippen MR) is 152 cm³/mol. The second-order valence-electron chi connectivity index (χ2n) is 10.9. The van der Waals surface area contributed by atoms with Gasteiger partial charge in [-0.15, -0.1) is 0 Å². The molecule has 6 N–H and O–H groups in total. The van der Waals surface area contributed by atoms with Crippen molar-refractivity contribution in [2.75, 3.05) is 6.61 Å². The Balaban J connectivity index is 1.30. The number of esters is 1. The van der Waals surface area contributed by atoms with Gasteiger partial charge in [-0.25, -0.2) is 9.59 Å². The Hall–Kier alpha value is -5.00. The molecule has 16 heteroatoms. The van der Waals surface area contributed by atoms with Crippen molar-refractivity contribution in [1.82, 2.24) is 0 Å². The fraction of sp³-hybridized carbons (Fsp3) is 0.333. The summed E-state index contributed by atoms with van der Waals surface area (Å²) in [5.41, 5.74) is -3.26. The standard InChI is InChI=1S/C30H28O16/c1-30(40,10-22(32)33)11-24(35)41-12-21-25(36)26(37)27(38)29(46-21)45-19-9-18-14(6-16(19)31)7-20(28(39)44-18)42-15-4-2-13-3-5-23(34)43-17(13)8-15/h2-9,21,25-27,29,31,36-38,40H,10-12H2,1H3,(H,32,33)/t21-,25+,26-,27+,29+,30+/m0/s1. The molecule has 1 saturated heterocycles. The second kappa shape index (κ2) is 12.8. The van der Waals surface area contributed by atoms with E-state index >= 15 is 0 Å². The molecule has 5 rings (SSSR count). The van der Waals surface area contributed by atoms with Crippen LogP contribution >= 0.6 is 0 Å². The third-order valence-corrected chi connectivity index (χ3v) is 6.98. The lowest BCUT2D eigenvalue weighted by molar-refractivity contribution is -0.278. The number of hydrogen-bond acceptors (Lipinski definition) is 15. The number of aliphatic carboxylic acids is 1. The van der Waals surface area contributed by atoms with Gasteiger partial charge in [0.05, 0.1) is 18.4 Å². The molecule has 1 fully saturated rings. The van der Waals surface area contributed by atoms with Crippen LogP contribution in [0, 0.1) is 0 Å². The van der Waals surface area contributed by atoms with Crippen molar-refractivity contribution in [3.05, 3.63) is 69.4 Å². The Morgan fingerprint density at radius 2 is 1.59 bits per heavy atom. The smallest absolute Gasteiger partial charge is 0.379 e. The molecule has 0 spiro atoms. The number of benzene rings is 2. The number of rotatable bonds is 10. The number of phenolic OH excluding ortho intramolecular Hbond substituents is 1. The van der Waals surface area contributed by atoms with E-state index < -0.39 is 84.7 Å². The minimum atomic E-state index is -1.92. The zero-order valence-electron chi connectivity index (χ0n) is 23.9. The van der Waals surface area contributed by atoms with Gasteiger partial charge in [-0.3, -0.25) is 9.59 Å². The summed E-state index contributed by atoms with van der Waals surface area (Å²) in [7, 11) is 0. The molecule has 0 saturated carbocycles. The first kappa shape index (κ1) is 32.4. The predicted octanol–water partition coefficient (Wildman–Crippen LogP) is 0.743. The van der Waals surface area contributed by atoms with Gasteiger partial charge in [0.25, 0.3) is 0 Å². The number of phenols is 1. The summed E-state index contributed by atoms with van der Waals surface area (Å²) < 4.78 is 32.0. The molecule has 2 aromatic carbocycles. The fourth-order valence-corrected chi connectivity index (χ4v) is 4.72. The summed E-state index contributed by atoms with van der Waals surface area (Å²) in [6, 6.07) is 10.9. The number of aliphatic hydroxyl groups is 4. The Bertz CT molecular complexity index is 1890. The molecule has 46 heavy (non-hydrogen) atoms. The summed E-state index contributed by atoms with van der Waals surface area (Å²) in [5.74, 6) is -3.35. The lowest BCUT2D eigenvalue weighted by atomic mass is 9.98. The summed E-state index contributed by atoms with van der Waals surface area (Å²) in [4.78, 5) is 47.2. The van der Waals surface area contributed by atoms with Crippen LogP contribution in [-0.4, -0.2) is 85.5 Å². The molecular weight excluding hydrogens is 616 g/mol. The van der Waals surface area contributed by atoms with Crippen molar-refractivity contribution < 1.29 is 68.0 Å². The van der Waals surface area contributed by atoms with Gasteiger partial charge in [0.2, 0.25) is 12.0 Å². The number of carboxylic acids is 1. The van der Waals surface area contributed by atoms with Crippen LogP contribution in [0.15, 0.2) is 67.0 Å². The minimum Gasteiger partial charge on any atom is -0.504 e. The minimum absolute atomic E-state index is 0.0839. The molecule has 0 bridgehead atoms. The number of aliphatic hydroxyl groups excluding tert-OH is 3. The third kappa shape index (κ3) is 7.27. The molecule has 16 nitrogen and oxygen atoms in total. The number of ether oxygens (including phenoxy) is 4. The molecule has 1 aliphatic rings. The van der Waals surface area contributed by atoms with Crippen LogP contribution in [0.3, 0.4) is 0 Å². The number of carbonyl (C=O) groups excluding carboxylic acids is 1. The van der Waals surface area contributed by atoms with E-state index in [2.05, 4.69) is 0 Å². The van der Waals surface area contributed by atoms with Crippen LogP contribution < -0.4 is 20.7 Å². The van der Waals surface area contributed by atoms with Gasteiger partial charge in [-0.05, 0) is 37.3 Å². The number of fused-ring (bicyclic) bond motifs is 2. The maximum atomic E-state index is 12.7. The molecule has 0 amide bonds. The maximum absolute atomic E-state index is 12.7. The van der Waals surface area contributed by atoms with Crippen molar-refractivity contribution in [1.29, 1.82) is 0 Å². The first-order valence-electron chi connectivity index (χ1n) is 13.7. The van der Waals surface area contributed by atoms with E-state index in [0.29, 0.717) is 5.39 Å². The molecule has 4 aromatic rings. The normalized spacial score (nSPS) is 22.7. The van der Waals surface area contributed by atoms with E-state index in [9.17, 15) is 44.7 Å². The SMILES string of the molecule is C[C@@](O)(CC(=O)O)CC(=O)OC[C@@H]1O[C@@H](Oc2cc3oc(=O)c(Oc4ccc5ccc(=O)oc5c4)cc3cc2O)[C@H](O)[C@@H](O)[C@@H]1O. The zero-order valence-corrected chi connectivity index (χ0v) is 23.9. The third-order valence-electron chi connectivity index (χ3n) is 6.98. The van der Waals surface area contributed by atoms with Crippen LogP contribution in [0.25, 0.3) is 21.9 Å². The van der Waals surface area contributed by atoms with Crippen molar-refractivity contribution in [3.63, 3.8) is 0 Å². The van der Waals surface area contributed by atoms with Crippen LogP contribution in [0.5, 0.6) is 23.0 Å². The molecule has 2 aromatic heterocycles. The van der Waals surface area contributed by atoms with Gasteiger partial charge in [0.1, 0.15) is 47.9 Å². The number of carboxylic acid groups (broad SMARTS) is 1. The highest BCUT2D eigenvalue weighted by Crippen LogP contribution is 2.35. The lowest BCUT2D eigenvalue weighted by Gasteiger charge is -2.40. The molecule has 0 unspecified atom stereocenters.